The number of rotatable bonds is 6. The number of aryl methyl sites for hydroxylation is 1. The Labute approximate surface area is 153 Å². The maximum Gasteiger partial charge on any atom is 0.259 e. The van der Waals surface area contributed by atoms with Crippen molar-refractivity contribution < 1.29 is 23.7 Å². The summed E-state index contributed by atoms with van der Waals surface area (Å²) in [5.41, 5.74) is 2.59. The van der Waals surface area contributed by atoms with Gasteiger partial charge in [-0.1, -0.05) is 6.07 Å². The predicted molar refractivity (Wildman–Crippen MR) is 97.6 cm³/mol. The summed E-state index contributed by atoms with van der Waals surface area (Å²) < 4.78 is 21.4. The first-order chi connectivity index (χ1) is 12.6. The van der Waals surface area contributed by atoms with Crippen molar-refractivity contribution in [2.75, 3.05) is 28.4 Å². The Morgan fingerprint density at radius 3 is 2.08 bits per heavy atom. The Bertz CT molecular complexity index is 796. The molecule has 0 aromatic heterocycles. The molecule has 2 aromatic rings. The third-order valence-electron chi connectivity index (χ3n) is 4.68. The van der Waals surface area contributed by atoms with Gasteiger partial charge in [0.05, 0.1) is 34.5 Å². The Morgan fingerprint density at radius 1 is 0.923 bits per heavy atom. The van der Waals surface area contributed by atoms with Crippen LogP contribution in [-0.2, 0) is 6.42 Å². The minimum absolute atomic E-state index is 0.105. The van der Waals surface area contributed by atoms with Crippen molar-refractivity contribution in [3.63, 3.8) is 0 Å². The molecule has 0 aliphatic heterocycles. The van der Waals surface area contributed by atoms with Crippen LogP contribution >= 0.6 is 0 Å². The molecule has 1 atom stereocenters. The summed E-state index contributed by atoms with van der Waals surface area (Å²) in [4.78, 5) is 12.9. The van der Waals surface area contributed by atoms with Gasteiger partial charge in [0.25, 0.3) is 5.91 Å². The molecule has 0 heterocycles. The molecule has 6 nitrogen and oxygen atoms in total. The standard InChI is InChI=1S/C20H23NO5/c1-23-15-6-5-7-16(24-2)19(15)20(22)21-14-9-8-12-10-17(25-3)18(26-4)11-13(12)14/h5-7,10-11,14H,8-9H2,1-4H3,(H,21,22). The van der Waals surface area contributed by atoms with Crippen LogP contribution in [0.2, 0.25) is 0 Å². The number of carbonyl (C=O) groups is 1. The molecule has 1 aliphatic carbocycles. The van der Waals surface area contributed by atoms with Crippen LogP contribution in [0.4, 0.5) is 0 Å². The molecule has 0 saturated carbocycles. The lowest BCUT2D eigenvalue weighted by molar-refractivity contribution is 0.0930. The Kier molecular flexibility index (Phi) is 5.21. The molecule has 0 bridgehead atoms. The number of fused-ring (bicyclic) bond motifs is 1. The highest BCUT2D eigenvalue weighted by Crippen LogP contribution is 2.40. The van der Waals surface area contributed by atoms with E-state index in [2.05, 4.69) is 5.32 Å². The molecule has 3 rings (SSSR count). The SMILES string of the molecule is COc1cc2c(cc1OC)C(NC(=O)c1c(OC)cccc1OC)CC2. The lowest BCUT2D eigenvalue weighted by Crippen LogP contribution is -2.28. The molecule has 6 heteroatoms. The summed E-state index contributed by atoms with van der Waals surface area (Å²) in [5.74, 6) is 2.08. The second-order valence-corrected chi connectivity index (χ2v) is 6.01. The van der Waals surface area contributed by atoms with Crippen LogP contribution in [0.15, 0.2) is 30.3 Å². The van der Waals surface area contributed by atoms with Crippen molar-refractivity contribution in [3.05, 3.63) is 47.0 Å². The lowest BCUT2D eigenvalue weighted by Gasteiger charge is -2.18. The smallest absolute Gasteiger partial charge is 0.259 e. The first-order valence-corrected chi connectivity index (χ1v) is 8.39. The number of methoxy groups -OCH3 is 4. The van der Waals surface area contributed by atoms with Crippen LogP contribution in [-0.4, -0.2) is 34.3 Å². The molecule has 138 valence electrons. The van der Waals surface area contributed by atoms with E-state index in [1.807, 2.05) is 12.1 Å². The van der Waals surface area contributed by atoms with E-state index in [0.717, 1.165) is 24.0 Å². The van der Waals surface area contributed by atoms with E-state index in [-0.39, 0.29) is 11.9 Å². The van der Waals surface area contributed by atoms with Crippen molar-refractivity contribution in [2.24, 2.45) is 0 Å². The molecule has 1 N–H and O–H groups in total. The van der Waals surface area contributed by atoms with E-state index >= 15 is 0 Å². The topological polar surface area (TPSA) is 66.0 Å². The number of carbonyl (C=O) groups excluding carboxylic acids is 1. The molecular weight excluding hydrogens is 334 g/mol. The molecule has 26 heavy (non-hydrogen) atoms. The van der Waals surface area contributed by atoms with Gasteiger partial charge in [-0.3, -0.25) is 4.79 Å². The van der Waals surface area contributed by atoms with Crippen molar-refractivity contribution in [3.8, 4) is 23.0 Å². The molecule has 1 aliphatic rings. The quantitative estimate of drug-likeness (QED) is 0.860. The number of amides is 1. The number of nitrogens with one attached hydrogen (secondary N) is 1. The molecule has 0 spiro atoms. The minimum Gasteiger partial charge on any atom is -0.496 e. The average Bonchev–Trinajstić information content (AvgIpc) is 3.07. The Morgan fingerprint density at radius 2 is 1.50 bits per heavy atom. The van der Waals surface area contributed by atoms with E-state index in [0.29, 0.717) is 28.6 Å². The van der Waals surface area contributed by atoms with E-state index < -0.39 is 0 Å². The monoisotopic (exact) mass is 357 g/mol. The summed E-state index contributed by atoms with van der Waals surface area (Å²) in [6.07, 6.45) is 1.68. The zero-order chi connectivity index (χ0) is 18.7. The third kappa shape index (κ3) is 3.14. The normalized spacial score (nSPS) is 15.2. The number of hydrogen-bond acceptors (Lipinski definition) is 5. The van der Waals surface area contributed by atoms with Crippen LogP contribution in [0.3, 0.4) is 0 Å². The van der Waals surface area contributed by atoms with Gasteiger partial charge in [-0.25, -0.2) is 0 Å². The second-order valence-electron chi connectivity index (χ2n) is 6.01. The maximum absolute atomic E-state index is 12.9. The van der Waals surface area contributed by atoms with Gasteiger partial charge in [-0.2, -0.15) is 0 Å². The third-order valence-corrected chi connectivity index (χ3v) is 4.68. The van der Waals surface area contributed by atoms with Crippen LogP contribution in [0.25, 0.3) is 0 Å². The zero-order valence-corrected chi connectivity index (χ0v) is 15.4. The van der Waals surface area contributed by atoms with Crippen LogP contribution in [0.1, 0.15) is 33.9 Å². The summed E-state index contributed by atoms with van der Waals surface area (Å²) in [7, 11) is 6.29. The molecular formula is C20H23NO5. The van der Waals surface area contributed by atoms with Gasteiger partial charge in [-0.05, 0) is 48.2 Å². The van der Waals surface area contributed by atoms with Crippen molar-refractivity contribution in [1.82, 2.24) is 5.32 Å². The second kappa shape index (κ2) is 7.56. The van der Waals surface area contributed by atoms with Gasteiger partial charge >= 0.3 is 0 Å². The predicted octanol–water partition coefficient (Wildman–Crippen LogP) is 3.14. The van der Waals surface area contributed by atoms with Gasteiger partial charge in [0.2, 0.25) is 0 Å². The van der Waals surface area contributed by atoms with Gasteiger partial charge in [0.15, 0.2) is 11.5 Å². The summed E-state index contributed by atoms with van der Waals surface area (Å²) in [5, 5.41) is 3.09. The fourth-order valence-corrected chi connectivity index (χ4v) is 3.39. The minimum atomic E-state index is -0.230. The van der Waals surface area contributed by atoms with Crippen molar-refractivity contribution in [2.45, 2.75) is 18.9 Å². The maximum atomic E-state index is 12.9. The van der Waals surface area contributed by atoms with E-state index in [1.54, 1.807) is 32.4 Å². The molecule has 0 fully saturated rings. The van der Waals surface area contributed by atoms with Gasteiger partial charge in [0.1, 0.15) is 17.1 Å². The summed E-state index contributed by atoms with van der Waals surface area (Å²) >= 11 is 0. The number of benzene rings is 2. The van der Waals surface area contributed by atoms with Crippen LogP contribution < -0.4 is 24.3 Å². The molecule has 0 saturated heterocycles. The summed E-state index contributed by atoms with van der Waals surface area (Å²) in [6.45, 7) is 0. The van der Waals surface area contributed by atoms with E-state index in [9.17, 15) is 4.79 Å². The highest BCUT2D eigenvalue weighted by atomic mass is 16.5. The largest absolute Gasteiger partial charge is 0.496 e. The van der Waals surface area contributed by atoms with Crippen molar-refractivity contribution in [1.29, 1.82) is 0 Å². The van der Waals surface area contributed by atoms with Crippen LogP contribution in [0.5, 0.6) is 23.0 Å². The summed E-state index contributed by atoms with van der Waals surface area (Å²) in [6, 6.07) is 9.08. The first kappa shape index (κ1) is 17.9. The fourth-order valence-electron chi connectivity index (χ4n) is 3.39. The lowest BCUT2D eigenvalue weighted by atomic mass is 10.1. The van der Waals surface area contributed by atoms with E-state index in [4.69, 9.17) is 18.9 Å². The van der Waals surface area contributed by atoms with Crippen LogP contribution in [0, 0.1) is 0 Å². The molecule has 2 aromatic carbocycles. The zero-order valence-electron chi connectivity index (χ0n) is 15.4. The van der Waals surface area contributed by atoms with Gasteiger partial charge < -0.3 is 24.3 Å². The number of hydrogen-bond donors (Lipinski definition) is 1. The Hall–Kier alpha value is -2.89. The molecule has 1 amide bonds. The fraction of sp³-hybridized carbons (Fsp3) is 0.350. The molecule has 0 radical (unpaired) electrons. The average molecular weight is 357 g/mol. The van der Waals surface area contributed by atoms with E-state index in [1.165, 1.54) is 14.2 Å². The van der Waals surface area contributed by atoms with Crippen molar-refractivity contribution >= 4 is 5.91 Å². The highest BCUT2D eigenvalue weighted by Gasteiger charge is 2.28. The molecule has 1 unspecified atom stereocenters. The first-order valence-electron chi connectivity index (χ1n) is 8.39. The Balaban J connectivity index is 1.90. The van der Waals surface area contributed by atoms with Gasteiger partial charge in [-0.15, -0.1) is 0 Å². The van der Waals surface area contributed by atoms with Gasteiger partial charge in [0, 0.05) is 0 Å². The number of ether oxygens (including phenoxy) is 4. The highest BCUT2D eigenvalue weighted by molar-refractivity contribution is 6.00.